The molecule has 14 nitrogen and oxygen atoms in total. The van der Waals surface area contributed by atoms with Crippen molar-refractivity contribution in [2.45, 2.75) is 78.0 Å². The molecule has 2 aromatic carbocycles. The molecule has 0 spiro atoms. The molecule has 268 valence electrons. The Morgan fingerprint density at radius 3 is 2.34 bits per heavy atom. The lowest BCUT2D eigenvalue weighted by atomic mass is 10.0. The number of carbonyl (C=O) groups is 5. The topological polar surface area (TPSA) is 177 Å². The van der Waals surface area contributed by atoms with Gasteiger partial charge in [-0.15, -0.1) is 0 Å². The number of nitrogens with zero attached hydrogens (tertiary/aromatic N) is 4. The number of amides is 5. The molecular weight excluding hydrogens is 640 g/mol. The summed E-state index contributed by atoms with van der Waals surface area (Å²) in [6.45, 7) is 7.11. The van der Waals surface area contributed by atoms with Crippen molar-refractivity contribution in [1.82, 2.24) is 40.9 Å². The maximum atomic E-state index is 13.6. The second kappa shape index (κ2) is 17.9. The van der Waals surface area contributed by atoms with E-state index in [-0.39, 0.29) is 50.3 Å². The molecule has 0 saturated heterocycles. The third kappa shape index (κ3) is 10.6. The number of aromatic nitrogens is 3. The van der Waals surface area contributed by atoms with Crippen LogP contribution in [0.25, 0.3) is 11.4 Å². The van der Waals surface area contributed by atoms with Gasteiger partial charge in [-0.3, -0.25) is 24.0 Å². The second-order valence-electron chi connectivity index (χ2n) is 12.9. The number of methoxy groups -OCH3 is 1. The van der Waals surface area contributed by atoms with Gasteiger partial charge in [0.25, 0.3) is 0 Å². The van der Waals surface area contributed by atoms with Gasteiger partial charge in [-0.1, -0.05) is 62.4 Å². The molecule has 4 N–H and O–H groups in total. The summed E-state index contributed by atoms with van der Waals surface area (Å²) in [5.41, 5.74) is 1.61. The number of nitrogens with one attached hydrogen (secondary N) is 4. The summed E-state index contributed by atoms with van der Waals surface area (Å²) in [4.78, 5) is 72.7. The Bertz CT molecular complexity index is 1640. The highest BCUT2D eigenvalue weighted by Crippen LogP contribution is 2.21. The Morgan fingerprint density at radius 2 is 1.62 bits per heavy atom. The highest BCUT2D eigenvalue weighted by Gasteiger charge is 2.29. The van der Waals surface area contributed by atoms with E-state index in [0.29, 0.717) is 36.7 Å². The predicted octanol–water partition coefficient (Wildman–Crippen LogP) is 2.15. The minimum atomic E-state index is -0.981. The van der Waals surface area contributed by atoms with Crippen LogP contribution in [0.1, 0.15) is 64.4 Å². The quantitative estimate of drug-likeness (QED) is 0.292. The number of para-hydroxylation sites is 1. The van der Waals surface area contributed by atoms with Crippen molar-refractivity contribution in [3.63, 3.8) is 0 Å². The Morgan fingerprint density at radius 1 is 0.900 bits per heavy atom. The van der Waals surface area contributed by atoms with Crippen LogP contribution in [-0.4, -0.2) is 88.0 Å². The lowest BCUT2D eigenvalue weighted by Crippen LogP contribution is -2.54. The second-order valence-corrected chi connectivity index (χ2v) is 12.9. The van der Waals surface area contributed by atoms with Crippen LogP contribution in [0, 0.1) is 5.92 Å². The van der Waals surface area contributed by atoms with Gasteiger partial charge in [-0.2, -0.15) is 5.10 Å². The Kier molecular flexibility index (Phi) is 13.5. The average Bonchev–Trinajstić information content (AvgIpc) is 3.51. The molecule has 0 radical (unpaired) electrons. The van der Waals surface area contributed by atoms with Gasteiger partial charge in [0, 0.05) is 25.1 Å². The van der Waals surface area contributed by atoms with Crippen LogP contribution in [0.15, 0.2) is 54.6 Å². The van der Waals surface area contributed by atoms with Crippen molar-refractivity contribution in [3.8, 4) is 17.1 Å². The summed E-state index contributed by atoms with van der Waals surface area (Å²) in [6.07, 6.45) is 1.24. The molecule has 0 saturated carbocycles. The number of rotatable bonds is 7. The maximum absolute atomic E-state index is 13.6. The van der Waals surface area contributed by atoms with Gasteiger partial charge in [-0.25, -0.2) is 9.67 Å². The molecule has 3 atom stereocenters. The van der Waals surface area contributed by atoms with E-state index in [1.54, 1.807) is 14.0 Å². The number of hydrogen-bond donors (Lipinski definition) is 4. The predicted molar refractivity (Wildman–Crippen MR) is 187 cm³/mol. The first-order valence-electron chi connectivity index (χ1n) is 17.0. The molecule has 50 heavy (non-hydrogen) atoms. The van der Waals surface area contributed by atoms with Crippen LogP contribution in [-0.2, 0) is 36.9 Å². The number of benzene rings is 2. The van der Waals surface area contributed by atoms with Crippen molar-refractivity contribution < 1.29 is 28.7 Å². The lowest BCUT2D eigenvalue weighted by Gasteiger charge is -2.25. The zero-order valence-electron chi connectivity index (χ0n) is 29.4. The van der Waals surface area contributed by atoms with Gasteiger partial charge >= 0.3 is 0 Å². The molecule has 14 heteroatoms. The first-order valence-corrected chi connectivity index (χ1v) is 17.0. The van der Waals surface area contributed by atoms with Crippen LogP contribution in [0.2, 0.25) is 0 Å². The molecule has 0 aliphatic carbocycles. The molecule has 4 rings (SSSR count). The van der Waals surface area contributed by atoms with E-state index in [9.17, 15) is 24.0 Å². The van der Waals surface area contributed by atoms with Crippen molar-refractivity contribution in [2.24, 2.45) is 5.92 Å². The third-order valence-corrected chi connectivity index (χ3v) is 8.30. The highest BCUT2D eigenvalue weighted by atomic mass is 16.5. The van der Waals surface area contributed by atoms with Crippen LogP contribution in [0.5, 0.6) is 5.75 Å². The molecule has 5 amide bonds. The maximum Gasteiger partial charge on any atom is 0.243 e. The summed E-state index contributed by atoms with van der Waals surface area (Å²) < 4.78 is 6.88. The number of fused-ring (bicyclic) bond motifs is 1. The van der Waals surface area contributed by atoms with Crippen molar-refractivity contribution in [2.75, 3.05) is 26.7 Å². The number of hydrogen-bond acceptors (Lipinski definition) is 8. The van der Waals surface area contributed by atoms with Crippen LogP contribution >= 0.6 is 0 Å². The van der Waals surface area contributed by atoms with Gasteiger partial charge in [0.05, 0.1) is 19.7 Å². The van der Waals surface area contributed by atoms with E-state index in [2.05, 4.69) is 31.3 Å². The average molecular weight is 689 g/mol. The Hall–Kier alpha value is -5.27. The summed E-state index contributed by atoms with van der Waals surface area (Å²) in [7, 11) is 1.57. The van der Waals surface area contributed by atoms with Crippen molar-refractivity contribution >= 4 is 29.5 Å². The van der Waals surface area contributed by atoms with Crippen LogP contribution in [0.3, 0.4) is 0 Å². The molecular formula is C36H48N8O6. The monoisotopic (exact) mass is 688 g/mol. The van der Waals surface area contributed by atoms with Gasteiger partial charge in [-0.05, 0) is 50.7 Å². The summed E-state index contributed by atoms with van der Waals surface area (Å²) in [5, 5.41) is 15.9. The first-order chi connectivity index (χ1) is 23.9. The van der Waals surface area contributed by atoms with Gasteiger partial charge in [0.2, 0.25) is 29.5 Å². The Balaban J connectivity index is 1.58. The van der Waals surface area contributed by atoms with Gasteiger partial charge < -0.3 is 30.9 Å². The number of ether oxygens (including phenoxy) is 1. The molecule has 0 bridgehead atoms. The van der Waals surface area contributed by atoms with Crippen molar-refractivity contribution in [3.05, 3.63) is 66.0 Å². The molecule has 3 aromatic rings. The molecule has 1 aliphatic heterocycles. The summed E-state index contributed by atoms with van der Waals surface area (Å²) in [6, 6.07) is 14.2. The van der Waals surface area contributed by atoms with E-state index < -0.39 is 35.8 Å². The SMILES string of the molecule is COc1ccccc1CCC(=O)N1CCCNC(=O)Cn2nc(-c3ccccc3)nc2[C@H](C)NC(=O)[C@@H](CC(C)C)NC(=O)[C@@H](C)NC(=O)C1. The first kappa shape index (κ1) is 37.5. The van der Waals surface area contributed by atoms with Gasteiger partial charge in [0.15, 0.2) is 5.82 Å². The van der Waals surface area contributed by atoms with E-state index in [1.807, 2.05) is 68.4 Å². The molecule has 1 aliphatic rings. The lowest BCUT2D eigenvalue weighted by molar-refractivity contribution is -0.137. The summed E-state index contributed by atoms with van der Waals surface area (Å²) in [5.74, 6) is -0.610. The third-order valence-electron chi connectivity index (χ3n) is 8.30. The largest absolute Gasteiger partial charge is 0.496 e. The minimum absolute atomic E-state index is 0.0559. The fraction of sp³-hybridized carbons (Fsp3) is 0.472. The van der Waals surface area contributed by atoms with Crippen LogP contribution < -0.4 is 26.0 Å². The molecule has 0 unspecified atom stereocenters. The van der Waals surface area contributed by atoms with E-state index >= 15 is 0 Å². The van der Waals surface area contributed by atoms with E-state index in [0.717, 1.165) is 11.1 Å². The fourth-order valence-electron chi connectivity index (χ4n) is 5.70. The minimum Gasteiger partial charge on any atom is -0.496 e. The standard InChI is InChI=1S/C36H48N8O6/c1-23(2)20-28-36(49)39-24(3)34-41-33(27-13-7-6-8-14-27)42-44(34)22-30(45)37-18-11-19-43(21-31(46)38-25(4)35(48)40-28)32(47)17-16-26-12-9-10-15-29(26)50-5/h6-10,12-15,23-25,28H,11,16-22H2,1-5H3,(H,37,45)(H,38,46)(H,39,49)(H,40,48)/t24-,25+,28+/m0/s1. The van der Waals surface area contributed by atoms with Crippen molar-refractivity contribution in [1.29, 1.82) is 0 Å². The molecule has 2 heterocycles. The normalized spacial score (nSPS) is 20.0. The Labute approximate surface area is 292 Å². The van der Waals surface area contributed by atoms with E-state index in [4.69, 9.17) is 4.74 Å². The van der Waals surface area contributed by atoms with E-state index in [1.165, 1.54) is 16.5 Å². The zero-order chi connectivity index (χ0) is 36.2. The van der Waals surface area contributed by atoms with Gasteiger partial charge in [0.1, 0.15) is 30.2 Å². The summed E-state index contributed by atoms with van der Waals surface area (Å²) >= 11 is 0. The number of aryl methyl sites for hydroxylation is 1. The zero-order valence-corrected chi connectivity index (χ0v) is 29.4. The smallest absolute Gasteiger partial charge is 0.243 e. The molecule has 0 fully saturated rings. The highest BCUT2D eigenvalue weighted by molar-refractivity contribution is 5.93. The fourth-order valence-corrected chi connectivity index (χ4v) is 5.70. The van der Waals surface area contributed by atoms with Crippen LogP contribution in [0.4, 0.5) is 0 Å². The number of carbonyl (C=O) groups excluding carboxylic acids is 5. The molecule has 1 aromatic heterocycles.